The predicted octanol–water partition coefficient (Wildman–Crippen LogP) is 2.33. The van der Waals surface area contributed by atoms with Crippen LogP contribution < -0.4 is 5.32 Å². The van der Waals surface area contributed by atoms with E-state index in [-0.39, 0.29) is 5.69 Å². The minimum absolute atomic E-state index is 0.0236. The average molecular weight is 256 g/mol. The Morgan fingerprint density at radius 3 is 3.06 bits per heavy atom. The van der Waals surface area contributed by atoms with Crippen molar-refractivity contribution in [3.63, 3.8) is 0 Å². The van der Waals surface area contributed by atoms with Crippen molar-refractivity contribution in [1.29, 1.82) is 0 Å². The highest BCUT2D eigenvalue weighted by atomic mass is 32.2. The zero-order valence-electron chi connectivity index (χ0n) is 9.19. The van der Waals surface area contributed by atoms with Crippen LogP contribution in [0, 0.1) is 15.9 Å². The summed E-state index contributed by atoms with van der Waals surface area (Å²) in [6, 6.07) is 3.94. The molecule has 92 valence electrons. The summed E-state index contributed by atoms with van der Waals surface area (Å²) in [5.74, 6) is 1.69. The minimum atomic E-state index is -0.472. The fourth-order valence-corrected chi connectivity index (χ4v) is 3.01. The number of hydrogen-bond acceptors (Lipinski definition) is 4. The van der Waals surface area contributed by atoms with E-state index in [0.29, 0.717) is 18.2 Å². The number of nitro benzene ring substituents is 1. The van der Waals surface area contributed by atoms with Crippen molar-refractivity contribution >= 4 is 17.4 Å². The van der Waals surface area contributed by atoms with Crippen LogP contribution in [0.4, 0.5) is 10.1 Å². The lowest BCUT2D eigenvalue weighted by molar-refractivity contribution is -0.385. The van der Waals surface area contributed by atoms with E-state index in [0.717, 1.165) is 24.0 Å². The summed E-state index contributed by atoms with van der Waals surface area (Å²) in [6.07, 6.45) is 1.06. The van der Waals surface area contributed by atoms with Gasteiger partial charge in [-0.25, -0.2) is 4.39 Å². The molecule has 0 aromatic heterocycles. The van der Waals surface area contributed by atoms with Crippen molar-refractivity contribution in [3.8, 4) is 0 Å². The van der Waals surface area contributed by atoms with Crippen LogP contribution >= 0.6 is 11.8 Å². The molecule has 1 fully saturated rings. The molecule has 0 radical (unpaired) electrons. The van der Waals surface area contributed by atoms with Crippen LogP contribution in [0.5, 0.6) is 0 Å². The number of thioether (sulfide) groups is 1. The smallest absolute Gasteiger partial charge is 0.274 e. The largest absolute Gasteiger partial charge is 0.309 e. The van der Waals surface area contributed by atoms with E-state index >= 15 is 0 Å². The number of benzene rings is 1. The quantitative estimate of drug-likeness (QED) is 0.663. The molecule has 0 bridgehead atoms. The normalized spacial score (nSPS) is 19.5. The third kappa shape index (κ3) is 3.17. The Hall–Kier alpha value is -1.14. The molecule has 1 saturated heterocycles. The molecule has 1 N–H and O–H groups in total. The number of rotatable bonds is 4. The zero-order chi connectivity index (χ0) is 12.3. The molecular formula is C11H13FN2O2S. The molecule has 17 heavy (non-hydrogen) atoms. The van der Waals surface area contributed by atoms with Gasteiger partial charge < -0.3 is 5.32 Å². The lowest BCUT2D eigenvalue weighted by Gasteiger charge is -2.11. The first-order valence-corrected chi connectivity index (χ1v) is 6.56. The van der Waals surface area contributed by atoms with E-state index in [9.17, 15) is 14.5 Å². The van der Waals surface area contributed by atoms with Crippen molar-refractivity contribution in [3.05, 3.63) is 39.7 Å². The summed E-state index contributed by atoms with van der Waals surface area (Å²) >= 11 is 1.86. The average Bonchev–Trinajstić information content (AvgIpc) is 2.78. The number of halogens is 1. The first kappa shape index (κ1) is 12.3. The Morgan fingerprint density at radius 2 is 2.41 bits per heavy atom. The Morgan fingerprint density at radius 1 is 1.59 bits per heavy atom. The van der Waals surface area contributed by atoms with Crippen LogP contribution in [-0.4, -0.2) is 22.5 Å². The van der Waals surface area contributed by atoms with Crippen LogP contribution in [-0.2, 0) is 6.54 Å². The number of nitro groups is 1. The van der Waals surface area contributed by atoms with Gasteiger partial charge in [0.2, 0.25) is 0 Å². The maximum absolute atomic E-state index is 13.1. The van der Waals surface area contributed by atoms with Gasteiger partial charge in [0.1, 0.15) is 5.82 Å². The van der Waals surface area contributed by atoms with E-state index in [1.807, 2.05) is 11.8 Å². The second-order valence-corrected chi connectivity index (χ2v) is 5.12. The van der Waals surface area contributed by atoms with Gasteiger partial charge >= 0.3 is 0 Å². The molecule has 2 rings (SSSR count). The number of nitrogens with zero attached hydrogens (tertiary/aromatic N) is 1. The van der Waals surface area contributed by atoms with Crippen molar-refractivity contribution in [2.45, 2.75) is 19.0 Å². The van der Waals surface area contributed by atoms with Gasteiger partial charge in [0.25, 0.3) is 5.69 Å². The van der Waals surface area contributed by atoms with E-state index in [1.54, 1.807) is 0 Å². The van der Waals surface area contributed by atoms with Crippen LogP contribution in [0.3, 0.4) is 0 Å². The number of hydrogen-bond donors (Lipinski definition) is 1. The molecular weight excluding hydrogens is 243 g/mol. The standard InChI is InChI=1S/C11H13FN2O2S/c12-9-1-2-11(14(15)16)8(5-9)6-13-10-3-4-17-7-10/h1-2,5,10,13H,3-4,6-7H2. The van der Waals surface area contributed by atoms with Crippen molar-refractivity contribution in [2.24, 2.45) is 0 Å². The zero-order valence-corrected chi connectivity index (χ0v) is 10.0. The summed E-state index contributed by atoms with van der Waals surface area (Å²) in [4.78, 5) is 10.3. The first-order chi connectivity index (χ1) is 8.16. The molecule has 1 heterocycles. The summed E-state index contributed by atoms with van der Waals surface area (Å²) in [6.45, 7) is 0.347. The summed E-state index contributed by atoms with van der Waals surface area (Å²) in [7, 11) is 0. The van der Waals surface area contributed by atoms with Gasteiger partial charge in [0.05, 0.1) is 4.92 Å². The molecule has 1 atom stereocenters. The van der Waals surface area contributed by atoms with E-state index < -0.39 is 10.7 Å². The molecule has 1 aliphatic heterocycles. The summed E-state index contributed by atoms with van der Waals surface area (Å²) in [5, 5.41) is 14.0. The Bertz CT molecular complexity index is 422. The van der Waals surface area contributed by atoms with Gasteiger partial charge in [-0.1, -0.05) is 0 Å². The van der Waals surface area contributed by atoms with Gasteiger partial charge in [-0.05, 0) is 24.3 Å². The van der Waals surface area contributed by atoms with Crippen molar-refractivity contribution < 1.29 is 9.31 Å². The van der Waals surface area contributed by atoms with Crippen molar-refractivity contribution in [2.75, 3.05) is 11.5 Å². The minimum Gasteiger partial charge on any atom is -0.309 e. The third-order valence-corrected chi connectivity index (χ3v) is 3.91. The van der Waals surface area contributed by atoms with Crippen LogP contribution in [0.1, 0.15) is 12.0 Å². The fourth-order valence-electron chi connectivity index (χ4n) is 1.82. The molecule has 0 aliphatic carbocycles. The Kier molecular flexibility index (Phi) is 3.96. The third-order valence-electron chi connectivity index (χ3n) is 2.75. The van der Waals surface area contributed by atoms with Crippen LogP contribution in [0.15, 0.2) is 18.2 Å². The SMILES string of the molecule is O=[N+]([O-])c1ccc(F)cc1CNC1CCSC1. The summed E-state index contributed by atoms with van der Waals surface area (Å²) in [5.41, 5.74) is 0.386. The molecule has 4 nitrogen and oxygen atoms in total. The fraction of sp³-hybridized carbons (Fsp3) is 0.455. The summed E-state index contributed by atoms with van der Waals surface area (Å²) < 4.78 is 13.1. The Labute approximate surface area is 103 Å². The topological polar surface area (TPSA) is 55.2 Å². The van der Waals surface area contributed by atoms with Gasteiger partial charge in [0.15, 0.2) is 0 Å². The predicted molar refractivity (Wildman–Crippen MR) is 65.6 cm³/mol. The molecule has 1 aromatic carbocycles. The van der Waals surface area contributed by atoms with E-state index in [2.05, 4.69) is 5.32 Å². The highest BCUT2D eigenvalue weighted by Crippen LogP contribution is 2.21. The molecule has 1 aromatic rings. The van der Waals surface area contributed by atoms with Crippen LogP contribution in [0.2, 0.25) is 0 Å². The highest BCUT2D eigenvalue weighted by Gasteiger charge is 2.18. The van der Waals surface area contributed by atoms with Crippen molar-refractivity contribution in [1.82, 2.24) is 5.32 Å². The van der Waals surface area contributed by atoms with E-state index in [1.165, 1.54) is 12.1 Å². The molecule has 0 amide bonds. The molecule has 0 spiro atoms. The first-order valence-electron chi connectivity index (χ1n) is 5.41. The molecule has 6 heteroatoms. The second-order valence-electron chi connectivity index (χ2n) is 3.97. The molecule has 1 aliphatic rings. The number of nitrogens with one attached hydrogen (secondary N) is 1. The molecule has 1 unspecified atom stereocenters. The van der Waals surface area contributed by atoms with Gasteiger partial charge in [-0.3, -0.25) is 10.1 Å². The van der Waals surface area contributed by atoms with E-state index in [4.69, 9.17) is 0 Å². The second kappa shape index (κ2) is 5.46. The van der Waals surface area contributed by atoms with Crippen LogP contribution in [0.25, 0.3) is 0 Å². The molecule has 0 saturated carbocycles. The van der Waals surface area contributed by atoms with Gasteiger partial charge in [-0.2, -0.15) is 11.8 Å². The van der Waals surface area contributed by atoms with Gasteiger partial charge in [0, 0.05) is 30.0 Å². The lowest BCUT2D eigenvalue weighted by atomic mass is 10.1. The Balaban J connectivity index is 2.07. The van der Waals surface area contributed by atoms with Gasteiger partial charge in [-0.15, -0.1) is 0 Å². The maximum Gasteiger partial charge on any atom is 0.274 e. The monoisotopic (exact) mass is 256 g/mol. The maximum atomic E-state index is 13.1. The highest BCUT2D eigenvalue weighted by molar-refractivity contribution is 7.99. The lowest BCUT2D eigenvalue weighted by Crippen LogP contribution is -2.28.